The minimum atomic E-state index is -0.755. The van der Waals surface area contributed by atoms with Gasteiger partial charge in [-0.15, -0.1) is 0 Å². The van der Waals surface area contributed by atoms with Gasteiger partial charge in [0, 0.05) is 10.7 Å². The topological polar surface area (TPSA) is 47.6 Å². The van der Waals surface area contributed by atoms with Crippen LogP contribution in [0.4, 0.5) is 5.69 Å². The van der Waals surface area contributed by atoms with Gasteiger partial charge in [0.2, 0.25) is 0 Å². The molecule has 23 heavy (non-hydrogen) atoms. The Morgan fingerprint density at radius 2 is 1.70 bits per heavy atom. The van der Waals surface area contributed by atoms with Gasteiger partial charge in [-0.05, 0) is 43.3 Å². The number of hydrogen-bond acceptors (Lipinski definition) is 3. The van der Waals surface area contributed by atoms with Crippen LogP contribution < -0.4 is 14.8 Å². The molecule has 122 valence electrons. The molecule has 0 fully saturated rings. The van der Waals surface area contributed by atoms with Crippen LogP contribution in [0.5, 0.6) is 11.5 Å². The second-order valence-corrected chi connectivity index (χ2v) is 5.92. The Bertz CT molecular complexity index is 722. The first-order valence-electron chi connectivity index (χ1n) is 6.67. The Morgan fingerprint density at radius 1 is 1.04 bits per heavy atom. The van der Waals surface area contributed by atoms with Crippen LogP contribution >= 0.6 is 34.8 Å². The molecule has 0 radical (unpaired) electrons. The van der Waals surface area contributed by atoms with E-state index in [0.29, 0.717) is 32.3 Å². The highest BCUT2D eigenvalue weighted by molar-refractivity contribution is 6.35. The second-order valence-electron chi connectivity index (χ2n) is 4.67. The zero-order chi connectivity index (χ0) is 17.0. The lowest BCUT2D eigenvalue weighted by Crippen LogP contribution is -2.30. The fourth-order valence-electron chi connectivity index (χ4n) is 1.80. The summed E-state index contributed by atoms with van der Waals surface area (Å²) in [6, 6.07) is 9.74. The number of nitrogens with one attached hydrogen (secondary N) is 1. The van der Waals surface area contributed by atoms with Gasteiger partial charge in [-0.1, -0.05) is 34.8 Å². The maximum atomic E-state index is 12.2. The summed E-state index contributed by atoms with van der Waals surface area (Å²) in [6.07, 6.45) is -0.755. The molecule has 0 heterocycles. The molecule has 1 atom stereocenters. The third-order valence-electron chi connectivity index (χ3n) is 2.99. The van der Waals surface area contributed by atoms with Gasteiger partial charge in [0.15, 0.2) is 6.10 Å². The van der Waals surface area contributed by atoms with Crippen molar-refractivity contribution < 1.29 is 14.3 Å². The van der Waals surface area contributed by atoms with Crippen LogP contribution in [0.15, 0.2) is 36.4 Å². The average Bonchev–Trinajstić information content (AvgIpc) is 2.50. The maximum Gasteiger partial charge on any atom is 0.265 e. The van der Waals surface area contributed by atoms with E-state index in [-0.39, 0.29) is 5.91 Å². The number of amides is 1. The Hall–Kier alpha value is -1.62. The van der Waals surface area contributed by atoms with E-state index in [2.05, 4.69) is 5.32 Å². The Labute approximate surface area is 149 Å². The highest BCUT2D eigenvalue weighted by atomic mass is 35.5. The van der Waals surface area contributed by atoms with Crippen molar-refractivity contribution in [2.24, 2.45) is 0 Å². The van der Waals surface area contributed by atoms with Gasteiger partial charge in [-0.25, -0.2) is 0 Å². The van der Waals surface area contributed by atoms with E-state index < -0.39 is 6.10 Å². The molecular weight excluding hydrogens is 361 g/mol. The standard InChI is InChI=1S/C16H14Cl3NO3/c1-9(23-15-5-3-10(17)7-12(15)18)16(21)20-11-4-6-14(22-2)13(19)8-11/h3-9H,1-2H3,(H,20,21)/t9-/m0/s1. The molecule has 4 nitrogen and oxygen atoms in total. The fraction of sp³-hybridized carbons (Fsp3) is 0.188. The van der Waals surface area contributed by atoms with Crippen molar-refractivity contribution in [3.05, 3.63) is 51.5 Å². The summed E-state index contributed by atoms with van der Waals surface area (Å²) in [5, 5.41) is 3.94. The molecule has 1 amide bonds. The Morgan fingerprint density at radius 3 is 2.30 bits per heavy atom. The van der Waals surface area contributed by atoms with Gasteiger partial charge in [-0.2, -0.15) is 0 Å². The maximum absolute atomic E-state index is 12.2. The van der Waals surface area contributed by atoms with Crippen molar-refractivity contribution in [2.75, 3.05) is 12.4 Å². The van der Waals surface area contributed by atoms with Crippen LogP contribution in [0.2, 0.25) is 15.1 Å². The number of benzene rings is 2. The molecule has 0 bridgehead atoms. The molecule has 1 N–H and O–H groups in total. The quantitative estimate of drug-likeness (QED) is 0.795. The second kappa shape index (κ2) is 7.77. The SMILES string of the molecule is COc1ccc(NC(=O)[C@H](C)Oc2ccc(Cl)cc2Cl)cc1Cl. The predicted octanol–water partition coefficient (Wildman–Crippen LogP) is 5.06. The summed E-state index contributed by atoms with van der Waals surface area (Å²) < 4.78 is 10.6. The van der Waals surface area contributed by atoms with E-state index >= 15 is 0 Å². The molecule has 0 saturated carbocycles. The molecule has 0 aromatic heterocycles. The summed E-state index contributed by atoms with van der Waals surface area (Å²) in [6.45, 7) is 1.62. The summed E-state index contributed by atoms with van der Waals surface area (Å²) in [4.78, 5) is 12.2. The van der Waals surface area contributed by atoms with Crippen LogP contribution in [-0.4, -0.2) is 19.1 Å². The lowest BCUT2D eigenvalue weighted by Gasteiger charge is -2.16. The van der Waals surface area contributed by atoms with E-state index in [1.54, 1.807) is 43.3 Å². The molecule has 0 unspecified atom stereocenters. The summed E-state index contributed by atoms with van der Waals surface area (Å²) >= 11 is 17.9. The van der Waals surface area contributed by atoms with Gasteiger partial charge < -0.3 is 14.8 Å². The van der Waals surface area contributed by atoms with Gasteiger partial charge in [0.25, 0.3) is 5.91 Å². The van der Waals surface area contributed by atoms with E-state index in [4.69, 9.17) is 44.3 Å². The largest absolute Gasteiger partial charge is 0.495 e. The van der Waals surface area contributed by atoms with Crippen molar-refractivity contribution in [3.8, 4) is 11.5 Å². The summed E-state index contributed by atoms with van der Waals surface area (Å²) in [5.74, 6) is 0.575. The number of halogens is 3. The molecule has 7 heteroatoms. The number of carbonyl (C=O) groups excluding carboxylic acids is 1. The van der Waals surface area contributed by atoms with Crippen molar-refractivity contribution >= 4 is 46.4 Å². The van der Waals surface area contributed by atoms with Gasteiger partial charge in [0.1, 0.15) is 11.5 Å². The number of ether oxygens (including phenoxy) is 2. The lowest BCUT2D eigenvalue weighted by molar-refractivity contribution is -0.122. The van der Waals surface area contributed by atoms with Crippen LogP contribution in [0.1, 0.15) is 6.92 Å². The highest BCUT2D eigenvalue weighted by Gasteiger charge is 2.17. The number of hydrogen-bond donors (Lipinski definition) is 1. The third kappa shape index (κ3) is 4.67. The molecule has 2 aromatic carbocycles. The Kier molecular flexibility index (Phi) is 5.99. The first-order chi connectivity index (χ1) is 10.9. The van der Waals surface area contributed by atoms with Crippen LogP contribution in [0.3, 0.4) is 0 Å². The molecule has 2 rings (SSSR count). The van der Waals surface area contributed by atoms with Gasteiger partial charge in [-0.3, -0.25) is 4.79 Å². The first kappa shape index (κ1) is 17.7. The third-order valence-corrected chi connectivity index (χ3v) is 3.81. The smallest absolute Gasteiger partial charge is 0.265 e. The fourth-order valence-corrected chi connectivity index (χ4v) is 2.51. The molecule has 0 aliphatic heterocycles. The van der Waals surface area contributed by atoms with Crippen molar-refractivity contribution in [2.45, 2.75) is 13.0 Å². The molecular formula is C16H14Cl3NO3. The number of anilines is 1. The van der Waals surface area contributed by atoms with E-state index in [1.807, 2.05) is 0 Å². The first-order valence-corrected chi connectivity index (χ1v) is 7.80. The van der Waals surface area contributed by atoms with Crippen molar-refractivity contribution in [3.63, 3.8) is 0 Å². The van der Waals surface area contributed by atoms with Crippen molar-refractivity contribution in [1.29, 1.82) is 0 Å². The molecule has 0 aliphatic rings. The zero-order valence-corrected chi connectivity index (χ0v) is 14.7. The minimum Gasteiger partial charge on any atom is -0.495 e. The number of carbonyl (C=O) groups is 1. The minimum absolute atomic E-state index is 0.336. The highest BCUT2D eigenvalue weighted by Crippen LogP contribution is 2.29. The van der Waals surface area contributed by atoms with Gasteiger partial charge in [0.05, 0.1) is 17.2 Å². The number of methoxy groups -OCH3 is 1. The van der Waals surface area contributed by atoms with Crippen LogP contribution in [0, 0.1) is 0 Å². The summed E-state index contributed by atoms with van der Waals surface area (Å²) in [7, 11) is 1.52. The van der Waals surface area contributed by atoms with Crippen LogP contribution in [0.25, 0.3) is 0 Å². The Balaban J connectivity index is 2.03. The lowest BCUT2D eigenvalue weighted by atomic mass is 10.2. The van der Waals surface area contributed by atoms with Gasteiger partial charge >= 0.3 is 0 Å². The monoisotopic (exact) mass is 373 g/mol. The van der Waals surface area contributed by atoms with E-state index in [0.717, 1.165) is 0 Å². The molecule has 0 aliphatic carbocycles. The number of rotatable bonds is 5. The molecule has 0 saturated heterocycles. The summed E-state index contributed by atoms with van der Waals surface area (Å²) in [5.41, 5.74) is 0.540. The van der Waals surface area contributed by atoms with Crippen molar-refractivity contribution in [1.82, 2.24) is 0 Å². The normalized spacial score (nSPS) is 11.7. The van der Waals surface area contributed by atoms with E-state index in [1.165, 1.54) is 7.11 Å². The van der Waals surface area contributed by atoms with E-state index in [9.17, 15) is 4.79 Å². The molecule has 2 aromatic rings. The average molecular weight is 375 g/mol. The molecule has 0 spiro atoms. The van der Waals surface area contributed by atoms with Crippen LogP contribution in [-0.2, 0) is 4.79 Å². The predicted molar refractivity (Wildman–Crippen MR) is 93.2 cm³/mol. The zero-order valence-electron chi connectivity index (χ0n) is 12.4.